The van der Waals surface area contributed by atoms with Crippen LogP contribution in [0.1, 0.15) is 6.42 Å². The fraction of sp³-hybridized carbons (Fsp3) is 0.750. The summed E-state index contributed by atoms with van der Waals surface area (Å²) in [6.07, 6.45) is 3.69. The second-order valence-electron chi connectivity index (χ2n) is 6.59. The molecule has 0 aromatic carbocycles. The maximum Gasteiger partial charge on any atom is 0.224 e. The van der Waals surface area contributed by atoms with E-state index in [1.165, 1.54) is 0 Å². The average molecular weight is 357 g/mol. The number of amides is 1. The zero-order chi connectivity index (χ0) is 16.9. The molecule has 2 fully saturated rings. The lowest BCUT2D eigenvalue weighted by atomic mass is 9.96. The quantitative estimate of drug-likeness (QED) is 0.795. The molecule has 8 heteroatoms. The number of morpholine rings is 1. The maximum absolute atomic E-state index is 12.5. The minimum absolute atomic E-state index is 0.115. The fourth-order valence-electron chi connectivity index (χ4n) is 3.50. The van der Waals surface area contributed by atoms with Crippen molar-refractivity contribution in [2.24, 2.45) is 11.8 Å². The minimum atomic E-state index is 0.115. The molecule has 0 aliphatic carbocycles. The van der Waals surface area contributed by atoms with Crippen molar-refractivity contribution in [1.82, 2.24) is 19.6 Å². The Kier molecular flexibility index (Phi) is 6.10. The van der Waals surface area contributed by atoms with Gasteiger partial charge < -0.3 is 14.7 Å². The predicted molar refractivity (Wildman–Crippen MR) is 89.8 cm³/mol. The van der Waals surface area contributed by atoms with Gasteiger partial charge in [0.15, 0.2) is 0 Å². The van der Waals surface area contributed by atoms with E-state index in [1.54, 1.807) is 17.1 Å². The molecule has 2 aliphatic heterocycles. The third-order valence-corrected chi connectivity index (χ3v) is 5.11. The molecule has 1 aromatic heterocycles. The van der Waals surface area contributed by atoms with Crippen LogP contribution >= 0.6 is 11.6 Å². The standard InChI is InChI=1S/C16H25ClN4O3/c17-15-7-18-21(11-15)2-1-16(23)20-9-13(14(10-20)12-22)8-19-3-5-24-6-4-19/h7,11,13-14,22H,1-6,8-10,12H2. The van der Waals surface area contributed by atoms with Crippen molar-refractivity contribution >= 4 is 17.5 Å². The number of likely N-dealkylation sites (tertiary alicyclic amines) is 1. The van der Waals surface area contributed by atoms with Gasteiger partial charge in [-0.1, -0.05) is 11.6 Å². The topological polar surface area (TPSA) is 70.8 Å². The Morgan fingerprint density at radius 3 is 2.75 bits per heavy atom. The number of hydrogen-bond donors (Lipinski definition) is 1. The van der Waals surface area contributed by atoms with Crippen LogP contribution in [-0.4, -0.2) is 83.1 Å². The number of aliphatic hydroxyl groups excluding tert-OH is 1. The number of carbonyl (C=O) groups excluding carboxylic acids is 1. The van der Waals surface area contributed by atoms with E-state index >= 15 is 0 Å². The van der Waals surface area contributed by atoms with Gasteiger partial charge in [0.1, 0.15) is 0 Å². The van der Waals surface area contributed by atoms with E-state index in [1.807, 2.05) is 4.90 Å². The van der Waals surface area contributed by atoms with Crippen molar-refractivity contribution in [3.63, 3.8) is 0 Å². The van der Waals surface area contributed by atoms with Crippen LogP contribution in [-0.2, 0) is 16.1 Å². The molecular weight excluding hydrogens is 332 g/mol. The lowest BCUT2D eigenvalue weighted by Gasteiger charge is -2.30. The van der Waals surface area contributed by atoms with Gasteiger partial charge in [0.2, 0.25) is 5.91 Å². The van der Waals surface area contributed by atoms with Crippen molar-refractivity contribution in [2.75, 3.05) is 52.5 Å². The van der Waals surface area contributed by atoms with Crippen LogP contribution in [0.4, 0.5) is 0 Å². The van der Waals surface area contributed by atoms with Crippen LogP contribution < -0.4 is 0 Å². The highest BCUT2D eigenvalue weighted by Gasteiger charge is 2.35. The molecule has 134 valence electrons. The summed E-state index contributed by atoms with van der Waals surface area (Å²) in [5, 5.41) is 14.3. The van der Waals surface area contributed by atoms with Crippen LogP contribution in [0.3, 0.4) is 0 Å². The van der Waals surface area contributed by atoms with Gasteiger partial charge in [0, 0.05) is 64.4 Å². The first-order valence-electron chi connectivity index (χ1n) is 8.52. The number of aliphatic hydroxyl groups is 1. The average Bonchev–Trinajstić information content (AvgIpc) is 3.19. The highest BCUT2D eigenvalue weighted by atomic mass is 35.5. The molecule has 0 saturated carbocycles. The van der Waals surface area contributed by atoms with Crippen LogP contribution in [0.25, 0.3) is 0 Å². The largest absolute Gasteiger partial charge is 0.396 e. The predicted octanol–water partition coefficient (Wildman–Crippen LogP) is 0.326. The third-order valence-electron chi connectivity index (χ3n) is 4.92. The van der Waals surface area contributed by atoms with E-state index in [0.717, 1.165) is 39.4 Å². The highest BCUT2D eigenvalue weighted by Crippen LogP contribution is 2.25. The van der Waals surface area contributed by atoms with Crippen molar-refractivity contribution < 1.29 is 14.6 Å². The molecule has 2 aliphatic rings. The number of nitrogens with zero attached hydrogens (tertiary/aromatic N) is 4. The number of hydrogen-bond acceptors (Lipinski definition) is 5. The molecule has 0 radical (unpaired) electrons. The summed E-state index contributed by atoms with van der Waals surface area (Å²) in [7, 11) is 0. The number of halogens is 1. The zero-order valence-electron chi connectivity index (χ0n) is 13.8. The van der Waals surface area contributed by atoms with Crippen LogP contribution in [0.15, 0.2) is 12.4 Å². The molecule has 1 N–H and O–H groups in total. The summed E-state index contributed by atoms with van der Waals surface area (Å²) in [6.45, 7) is 6.36. The van der Waals surface area contributed by atoms with Gasteiger partial charge in [-0.25, -0.2) is 0 Å². The van der Waals surface area contributed by atoms with Gasteiger partial charge in [-0.15, -0.1) is 0 Å². The maximum atomic E-state index is 12.5. The highest BCUT2D eigenvalue weighted by molar-refractivity contribution is 6.30. The Hall–Kier alpha value is -1.15. The molecule has 24 heavy (non-hydrogen) atoms. The summed E-state index contributed by atoms with van der Waals surface area (Å²) >= 11 is 5.83. The van der Waals surface area contributed by atoms with E-state index in [9.17, 15) is 9.90 Å². The summed E-state index contributed by atoms with van der Waals surface area (Å²) < 4.78 is 7.06. The first kappa shape index (κ1) is 17.7. The van der Waals surface area contributed by atoms with Crippen LogP contribution in [0.5, 0.6) is 0 Å². The lowest BCUT2D eigenvalue weighted by molar-refractivity contribution is -0.130. The number of ether oxygens (including phenoxy) is 1. The van der Waals surface area contributed by atoms with Crippen LogP contribution in [0.2, 0.25) is 5.02 Å². The van der Waals surface area contributed by atoms with Crippen LogP contribution in [0, 0.1) is 11.8 Å². The Morgan fingerprint density at radius 2 is 2.08 bits per heavy atom. The third kappa shape index (κ3) is 4.47. The molecule has 2 unspecified atom stereocenters. The molecule has 3 heterocycles. The molecule has 2 saturated heterocycles. The SMILES string of the molecule is O=C(CCn1cc(Cl)cn1)N1CC(CO)C(CN2CCOCC2)C1. The smallest absolute Gasteiger partial charge is 0.224 e. The molecule has 0 spiro atoms. The van der Waals surface area contributed by atoms with Gasteiger partial charge in [-0.05, 0) is 5.92 Å². The molecule has 1 amide bonds. The minimum Gasteiger partial charge on any atom is -0.396 e. The molecule has 1 aromatic rings. The lowest BCUT2D eigenvalue weighted by Crippen LogP contribution is -2.41. The van der Waals surface area contributed by atoms with Gasteiger partial charge in [-0.3, -0.25) is 14.4 Å². The molecule has 0 bridgehead atoms. The molecule has 7 nitrogen and oxygen atoms in total. The number of carbonyl (C=O) groups is 1. The summed E-state index contributed by atoms with van der Waals surface area (Å²) in [5.74, 6) is 0.608. The summed E-state index contributed by atoms with van der Waals surface area (Å²) in [6, 6.07) is 0. The number of aryl methyl sites for hydroxylation is 1. The molecule has 2 atom stereocenters. The number of aromatic nitrogens is 2. The van der Waals surface area contributed by atoms with E-state index in [4.69, 9.17) is 16.3 Å². The Bertz CT molecular complexity index is 547. The summed E-state index contributed by atoms with van der Waals surface area (Å²) in [4.78, 5) is 16.7. The Balaban J connectivity index is 1.49. The van der Waals surface area contributed by atoms with Crippen molar-refractivity contribution in [3.05, 3.63) is 17.4 Å². The Morgan fingerprint density at radius 1 is 1.33 bits per heavy atom. The van der Waals surface area contributed by atoms with Gasteiger partial charge in [-0.2, -0.15) is 5.10 Å². The zero-order valence-corrected chi connectivity index (χ0v) is 14.6. The van der Waals surface area contributed by atoms with E-state index in [-0.39, 0.29) is 18.4 Å². The van der Waals surface area contributed by atoms with Gasteiger partial charge >= 0.3 is 0 Å². The molecule has 3 rings (SSSR count). The fourth-order valence-corrected chi connectivity index (χ4v) is 3.66. The van der Waals surface area contributed by atoms with E-state index in [2.05, 4.69) is 10.00 Å². The monoisotopic (exact) mass is 356 g/mol. The first-order valence-corrected chi connectivity index (χ1v) is 8.90. The first-order chi connectivity index (χ1) is 11.7. The van der Waals surface area contributed by atoms with E-state index in [0.29, 0.717) is 30.5 Å². The van der Waals surface area contributed by atoms with Crippen molar-refractivity contribution in [1.29, 1.82) is 0 Å². The second-order valence-corrected chi connectivity index (χ2v) is 7.02. The van der Waals surface area contributed by atoms with Gasteiger partial charge in [0.05, 0.1) is 24.4 Å². The molecular formula is C16H25ClN4O3. The van der Waals surface area contributed by atoms with Crippen molar-refractivity contribution in [3.8, 4) is 0 Å². The second kappa shape index (κ2) is 8.29. The normalized spacial score (nSPS) is 25.3. The summed E-state index contributed by atoms with van der Waals surface area (Å²) in [5.41, 5.74) is 0. The van der Waals surface area contributed by atoms with E-state index < -0.39 is 0 Å². The number of rotatable bonds is 6. The Labute approximate surface area is 147 Å². The van der Waals surface area contributed by atoms with Crippen molar-refractivity contribution in [2.45, 2.75) is 13.0 Å². The van der Waals surface area contributed by atoms with Gasteiger partial charge in [0.25, 0.3) is 0 Å².